The van der Waals surface area contributed by atoms with Gasteiger partial charge in [-0.25, -0.2) is 0 Å². The molecule has 1 N–H and O–H groups in total. The molecule has 1 amide bonds. The third kappa shape index (κ3) is 4.36. The van der Waals surface area contributed by atoms with Gasteiger partial charge in [0.05, 0.1) is 12.2 Å². The SMILES string of the molecule is C=CC(=O)Nc1ccccc1B1O[C@@H](C2CCCCC2)[C@H](C2CCCCC2)O1. The molecule has 150 valence electrons. The summed E-state index contributed by atoms with van der Waals surface area (Å²) < 4.78 is 13.2. The number of anilines is 1. The largest absolute Gasteiger partial charge is 0.496 e. The van der Waals surface area contributed by atoms with Crippen LogP contribution in [0.2, 0.25) is 0 Å². The zero-order valence-corrected chi connectivity index (χ0v) is 16.8. The molecule has 0 radical (unpaired) electrons. The minimum absolute atomic E-state index is 0.177. The maximum absolute atomic E-state index is 11.9. The second-order valence-corrected chi connectivity index (χ2v) is 8.61. The maximum atomic E-state index is 11.9. The van der Waals surface area contributed by atoms with Crippen molar-refractivity contribution < 1.29 is 14.1 Å². The van der Waals surface area contributed by atoms with E-state index in [4.69, 9.17) is 9.31 Å². The lowest BCUT2D eigenvalue weighted by molar-refractivity contribution is -0.111. The first-order valence-corrected chi connectivity index (χ1v) is 11.1. The van der Waals surface area contributed by atoms with Crippen molar-refractivity contribution in [2.45, 2.75) is 76.4 Å². The Labute approximate surface area is 169 Å². The van der Waals surface area contributed by atoms with Gasteiger partial charge in [-0.3, -0.25) is 4.79 Å². The Morgan fingerprint density at radius 3 is 2.00 bits per heavy atom. The maximum Gasteiger partial charge on any atom is 0.496 e. The topological polar surface area (TPSA) is 47.6 Å². The Hall–Kier alpha value is -1.59. The molecule has 4 rings (SSSR count). The Balaban J connectivity index is 1.57. The van der Waals surface area contributed by atoms with Gasteiger partial charge in [0.2, 0.25) is 5.91 Å². The first kappa shape index (κ1) is 19.7. The van der Waals surface area contributed by atoms with E-state index < -0.39 is 7.12 Å². The predicted molar refractivity (Wildman–Crippen MR) is 114 cm³/mol. The Kier molecular flexibility index (Phi) is 6.53. The molecule has 0 bridgehead atoms. The average molecular weight is 381 g/mol. The first-order chi connectivity index (χ1) is 13.8. The van der Waals surface area contributed by atoms with Crippen molar-refractivity contribution in [2.24, 2.45) is 11.8 Å². The van der Waals surface area contributed by atoms with Crippen LogP contribution in [0.1, 0.15) is 64.2 Å². The van der Waals surface area contributed by atoms with Crippen molar-refractivity contribution in [3.8, 4) is 0 Å². The van der Waals surface area contributed by atoms with Crippen LogP contribution in [-0.2, 0) is 14.1 Å². The standard InChI is InChI=1S/C23H32BNO3/c1-2-21(26)25-20-16-10-9-15-19(20)24-27-22(17-11-5-3-6-12-17)23(28-24)18-13-7-4-8-14-18/h2,9-10,15-18,22-23H,1,3-8,11-14H2,(H,25,26)/t22-,23-/m0/s1. The van der Waals surface area contributed by atoms with Gasteiger partial charge in [0, 0.05) is 11.2 Å². The van der Waals surface area contributed by atoms with Gasteiger partial charge < -0.3 is 14.6 Å². The van der Waals surface area contributed by atoms with Crippen LogP contribution < -0.4 is 10.8 Å². The van der Waals surface area contributed by atoms with E-state index in [0.29, 0.717) is 11.8 Å². The molecule has 1 aliphatic heterocycles. The highest BCUT2D eigenvalue weighted by atomic mass is 16.7. The molecule has 0 spiro atoms. The van der Waals surface area contributed by atoms with Crippen LogP contribution in [0, 0.1) is 11.8 Å². The summed E-state index contributed by atoms with van der Waals surface area (Å²) in [6, 6.07) is 7.82. The number of rotatable bonds is 5. The van der Waals surface area contributed by atoms with E-state index in [-0.39, 0.29) is 18.1 Å². The summed E-state index contributed by atoms with van der Waals surface area (Å²) in [5.74, 6) is 0.985. The van der Waals surface area contributed by atoms with Crippen LogP contribution in [0.15, 0.2) is 36.9 Å². The van der Waals surface area contributed by atoms with E-state index >= 15 is 0 Å². The monoisotopic (exact) mass is 381 g/mol. The third-order valence-electron chi connectivity index (χ3n) is 6.77. The number of carbonyl (C=O) groups is 1. The van der Waals surface area contributed by atoms with E-state index in [9.17, 15) is 4.79 Å². The number of para-hydroxylation sites is 1. The lowest BCUT2D eigenvalue weighted by atomic mass is 9.77. The van der Waals surface area contributed by atoms with Gasteiger partial charge in [-0.15, -0.1) is 0 Å². The lowest BCUT2D eigenvalue weighted by Crippen LogP contribution is -2.38. The van der Waals surface area contributed by atoms with Crippen molar-refractivity contribution in [2.75, 3.05) is 5.32 Å². The van der Waals surface area contributed by atoms with Crippen LogP contribution >= 0.6 is 0 Å². The minimum Gasteiger partial charge on any atom is -0.401 e. The van der Waals surface area contributed by atoms with Crippen molar-refractivity contribution >= 4 is 24.2 Å². The highest BCUT2D eigenvalue weighted by Crippen LogP contribution is 2.40. The summed E-state index contributed by atoms with van der Waals surface area (Å²) in [7, 11) is -0.403. The van der Waals surface area contributed by atoms with Crippen molar-refractivity contribution in [3.05, 3.63) is 36.9 Å². The summed E-state index contributed by atoms with van der Waals surface area (Å²) in [5.41, 5.74) is 1.67. The zero-order chi connectivity index (χ0) is 19.3. The van der Waals surface area contributed by atoms with E-state index in [2.05, 4.69) is 11.9 Å². The Morgan fingerprint density at radius 2 is 1.46 bits per heavy atom. The highest BCUT2D eigenvalue weighted by Gasteiger charge is 2.48. The summed E-state index contributed by atoms with van der Waals surface area (Å²) in [5, 5.41) is 2.91. The van der Waals surface area contributed by atoms with E-state index in [1.807, 2.05) is 24.3 Å². The Bertz CT molecular complexity index is 656. The van der Waals surface area contributed by atoms with Crippen LogP contribution in [0.5, 0.6) is 0 Å². The fraction of sp³-hybridized carbons (Fsp3) is 0.609. The van der Waals surface area contributed by atoms with E-state index in [0.717, 1.165) is 11.2 Å². The van der Waals surface area contributed by atoms with Gasteiger partial charge in [-0.1, -0.05) is 63.3 Å². The molecule has 2 aliphatic carbocycles. The van der Waals surface area contributed by atoms with Crippen LogP contribution in [-0.4, -0.2) is 25.2 Å². The van der Waals surface area contributed by atoms with Crippen molar-refractivity contribution in [1.29, 1.82) is 0 Å². The molecule has 1 aromatic rings. The zero-order valence-electron chi connectivity index (χ0n) is 16.8. The number of benzene rings is 1. The molecular formula is C23H32BNO3. The molecule has 2 atom stereocenters. The quantitative estimate of drug-likeness (QED) is 0.606. The average Bonchev–Trinajstić information content (AvgIpc) is 3.20. The minimum atomic E-state index is -0.403. The van der Waals surface area contributed by atoms with Gasteiger partial charge in [0.1, 0.15) is 0 Å². The van der Waals surface area contributed by atoms with Gasteiger partial charge in [0.25, 0.3) is 0 Å². The molecule has 2 saturated carbocycles. The number of hydrogen-bond acceptors (Lipinski definition) is 3. The fourth-order valence-corrected chi connectivity index (χ4v) is 5.30. The number of carbonyl (C=O) groups excluding carboxylic acids is 1. The van der Waals surface area contributed by atoms with Gasteiger partial charge in [0.15, 0.2) is 0 Å². The number of nitrogens with one attached hydrogen (secondary N) is 1. The summed E-state index contributed by atoms with van der Waals surface area (Å²) >= 11 is 0. The molecule has 1 aromatic carbocycles. The number of amides is 1. The van der Waals surface area contributed by atoms with Crippen LogP contribution in [0.3, 0.4) is 0 Å². The van der Waals surface area contributed by atoms with Crippen molar-refractivity contribution in [1.82, 2.24) is 0 Å². The molecule has 1 saturated heterocycles. The van der Waals surface area contributed by atoms with Crippen LogP contribution in [0.25, 0.3) is 0 Å². The third-order valence-corrected chi connectivity index (χ3v) is 6.77. The first-order valence-electron chi connectivity index (χ1n) is 11.1. The normalized spacial score (nSPS) is 26.9. The smallest absolute Gasteiger partial charge is 0.401 e. The predicted octanol–water partition coefficient (Wildman–Crippen LogP) is 4.45. The molecule has 3 fully saturated rings. The summed E-state index contributed by atoms with van der Waals surface area (Å²) in [6.45, 7) is 3.56. The van der Waals surface area contributed by atoms with Gasteiger partial charge in [-0.05, 0) is 49.7 Å². The fourth-order valence-electron chi connectivity index (χ4n) is 5.30. The summed E-state index contributed by atoms with van der Waals surface area (Å²) in [4.78, 5) is 11.9. The molecule has 3 aliphatic rings. The molecule has 5 heteroatoms. The molecular weight excluding hydrogens is 349 g/mol. The highest BCUT2D eigenvalue weighted by molar-refractivity contribution is 6.63. The van der Waals surface area contributed by atoms with Gasteiger partial charge in [-0.2, -0.15) is 0 Å². The number of hydrogen-bond donors (Lipinski definition) is 1. The molecule has 0 aromatic heterocycles. The Morgan fingerprint density at radius 1 is 0.929 bits per heavy atom. The van der Waals surface area contributed by atoms with Gasteiger partial charge >= 0.3 is 7.12 Å². The lowest BCUT2D eigenvalue weighted by Gasteiger charge is -2.35. The molecule has 0 unspecified atom stereocenters. The molecule has 28 heavy (non-hydrogen) atoms. The van der Waals surface area contributed by atoms with E-state index in [1.165, 1.54) is 70.3 Å². The van der Waals surface area contributed by atoms with E-state index in [1.54, 1.807) is 0 Å². The summed E-state index contributed by atoms with van der Waals surface area (Å²) in [6.07, 6.45) is 14.6. The molecule has 4 nitrogen and oxygen atoms in total. The van der Waals surface area contributed by atoms with Crippen LogP contribution in [0.4, 0.5) is 5.69 Å². The van der Waals surface area contributed by atoms with Crippen molar-refractivity contribution in [3.63, 3.8) is 0 Å². The molecule has 1 heterocycles. The second kappa shape index (κ2) is 9.28. The second-order valence-electron chi connectivity index (χ2n) is 8.61.